The van der Waals surface area contributed by atoms with Crippen LogP contribution in [0.25, 0.3) is 0 Å². The molecule has 0 saturated carbocycles. The SMILES string of the molecule is NSN=S(=O)=O. The van der Waals surface area contributed by atoms with Crippen LogP contribution >= 0.6 is 12.1 Å². The maximum Gasteiger partial charge on any atom is 0.323 e. The van der Waals surface area contributed by atoms with Crippen molar-refractivity contribution in [2.45, 2.75) is 0 Å². The van der Waals surface area contributed by atoms with E-state index in [0.717, 1.165) is 0 Å². The molecular weight excluding hydrogens is 124 g/mol. The van der Waals surface area contributed by atoms with E-state index < -0.39 is 10.5 Å². The third-order valence-corrected chi connectivity index (χ3v) is 0.935. The lowest BCUT2D eigenvalue weighted by atomic mass is 13.9. The molecule has 6 heavy (non-hydrogen) atoms. The minimum Gasteiger partial charge on any atom is -0.257 e. The van der Waals surface area contributed by atoms with Gasteiger partial charge in [-0.1, -0.05) is 3.77 Å². The van der Waals surface area contributed by atoms with Crippen LogP contribution in [0.3, 0.4) is 0 Å². The van der Waals surface area contributed by atoms with Crippen molar-refractivity contribution in [2.75, 3.05) is 0 Å². The van der Waals surface area contributed by atoms with Gasteiger partial charge in [0.15, 0.2) is 0 Å². The third kappa shape index (κ3) is 3.93. The van der Waals surface area contributed by atoms with Gasteiger partial charge in [-0.15, -0.1) is 0 Å². The summed E-state index contributed by atoms with van der Waals surface area (Å²) in [5.41, 5.74) is 0. The Morgan fingerprint density at radius 3 is 2.17 bits per heavy atom. The van der Waals surface area contributed by atoms with Crippen molar-refractivity contribution in [3.8, 4) is 0 Å². The number of nitrogens with zero attached hydrogens (tertiary/aromatic N) is 1. The molecule has 0 spiro atoms. The van der Waals surface area contributed by atoms with Crippen LogP contribution in [0, 0.1) is 0 Å². The fourth-order valence-corrected chi connectivity index (χ4v) is 0.316. The summed E-state index contributed by atoms with van der Waals surface area (Å²) in [6.45, 7) is 0. The lowest BCUT2D eigenvalue weighted by Gasteiger charge is -1.59. The van der Waals surface area contributed by atoms with Crippen LogP contribution in [-0.4, -0.2) is 8.42 Å². The monoisotopic (exact) mass is 126 g/mol. The highest BCUT2D eigenvalue weighted by Crippen LogP contribution is 1.81. The van der Waals surface area contributed by atoms with Gasteiger partial charge in [-0.05, 0) is 0 Å². The fraction of sp³-hybridized carbons (Fsp3) is 0. The molecule has 0 rings (SSSR count). The van der Waals surface area contributed by atoms with Crippen molar-refractivity contribution < 1.29 is 8.42 Å². The van der Waals surface area contributed by atoms with Crippen molar-refractivity contribution in [2.24, 2.45) is 8.91 Å². The third-order valence-electron chi connectivity index (χ3n) is 0.104. The van der Waals surface area contributed by atoms with Gasteiger partial charge in [0.2, 0.25) is 0 Å². The van der Waals surface area contributed by atoms with Gasteiger partial charge in [0.25, 0.3) is 0 Å². The van der Waals surface area contributed by atoms with Gasteiger partial charge in [-0.25, -0.2) is 0 Å². The van der Waals surface area contributed by atoms with Gasteiger partial charge in [-0.3, -0.25) is 5.14 Å². The second-order valence-electron chi connectivity index (χ2n) is 0.397. The van der Waals surface area contributed by atoms with Crippen LogP contribution in [0.15, 0.2) is 3.77 Å². The average molecular weight is 126 g/mol. The lowest BCUT2D eigenvalue weighted by molar-refractivity contribution is 0.623. The van der Waals surface area contributed by atoms with E-state index in [2.05, 4.69) is 8.91 Å². The van der Waals surface area contributed by atoms with Gasteiger partial charge in [0.1, 0.15) is 0 Å². The molecule has 36 valence electrons. The van der Waals surface area contributed by atoms with Crippen LogP contribution in [0.4, 0.5) is 0 Å². The van der Waals surface area contributed by atoms with Gasteiger partial charge in [0.05, 0.1) is 12.1 Å². The normalized spacial score (nSPS) is 7.50. The molecule has 0 bridgehead atoms. The van der Waals surface area contributed by atoms with E-state index in [1.165, 1.54) is 0 Å². The molecule has 0 atom stereocenters. The number of hydrogen-bond acceptors (Lipinski definition) is 5. The summed E-state index contributed by atoms with van der Waals surface area (Å²) >= 11 is 0.422. The molecular formula is H2N2O2S2. The van der Waals surface area contributed by atoms with E-state index in [-0.39, 0.29) is 0 Å². The molecule has 0 fully saturated rings. The Balaban J connectivity index is 3.78. The zero-order chi connectivity index (χ0) is 4.99. The van der Waals surface area contributed by atoms with E-state index >= 15 is 0 Å². The first kappa shape index (κ1) is 5.93. The Morgan fingerprint density at radius 1 is 1.67 bits per heavy atom. The van der Waals surface area contributed by atoms with Crippen molar-refractivity contribution in [3.05, 3.63) is 0 Å². The molecule has 0 amide bonds. The quantitative estimate of drug-likeness (QED) is 0.484. The Labute approximate surface area is 40.7 Å². The van der Waals surface area contributed by atoms with Crippen LogP contribution in [0.2, 0.25) is 0 Å². The Morgan fingerprint density at radius 2 is 2.17 bits per heavy atom. The Kier molecular flexibility index (Phi) is 3.10. The first-order chi connectivity index (χ1) is 2.77. The second kappa shape index (κ2) is 3.13. The largest absolute Gasteiger partial charge is 0.323 e. The van der Waals surface area contributed by atoms with Gasteiger partial charge >= 0.3 is 10.5 Å². The lowest BCUT2D eigenvalue weighted by Crippen LogP contribution is -1.67. The van der Waals surface area contributed by atoms with Crippen molar-refractivity contribution in [1.29, 1.82) is 0 Å². The summed E-state index contributed by atoms with van der Waals surface area (Å²) < 4.78 is 21.4. The van der Waals surface area contributed by atoms with Gasteiger partial charge < -0.3 is 0 Å². The number of nitrogens with two attached hydrogens (primary N) is 1. The zero-order valence-corrected chi connectivity index (χ0v) is 4.29. The smallest absolute Gasteiger partial charge is 0.257 e. The van der Waals surface area contributed by atoms with Crippen LogP contribution in [-0.2, 0) is 10.5 Å². The highest BCUT2D eigenvalue weighted by molar-refractivity contribution is 7.99. The molecule has 4 nitrogen and oxygen atoms in total. The van der Waals surface area contributed by atoms with E-state index in [1.54, 1.807) is 0 Å². The van der Waals surface area contributed by atoms with E-state index in [1.807, 2.05) is 0 Å². The summed E-state index contributed by atoms with van der Waals surface area (Å²) in [7, 11) is -2.35. The minimum absolute atomic E-state index is 0.422. The topological polar surface area (TPSA) is 72.5 Å². The number of hydrogen-bond donors (Lipinski definition) is 1. The highest BCUT2D eigenvalue weighted by Gasteiger charge is 1.61. The molecule has 0 aromatic rings. The number of rotatable bonds is 1. The maximum absolute atomic E-state index is 9.33. The summed E-state index contributed by atoms with van der Waals surface area (Å²) in [6.07, 6.45) is 0. The molecule has 0 heterocycles. The van der Waals surface area contributed by atoms with Crippen molar-refractivity contribution in [3.63, 3.8) is 0 Å². The molecule has 0 radical (unpaired) electrons. The second-order valence-corrected chi connectivity index (χ2v) is 1.64. The first-order valence-electron chi connectivity index (χ1n) is 0.934. The predicted molar refractivity (Wildman–Crippen MR) is 23.1 cm³/mol. The van der Waals surface area contributed by atoms with Crippen molar-refractivity contribution >= 4 is 22.6 Å². The van der Waals surface area contributed by atoms with Crippen molar-refractivity contribution in [1.82, 2.24) is 0 Å². The summed E-state index contributed by atoms with van der Waals surface area (Å²) in [5.74, 6) is 0. The molecule has 6 heteroatoms. The Bertz CT molecular complexity index is 124. The predicted octanol–water partition coefficient (Wildman–Crippen LogP) is -0.429. The summed E-state index contributed by atoms with van der Waals surface area (Å²) in [5, 5.41) is 4.59. The van der Waals surface area contributed by atoms with Crippen LogP contribution in [0.5, 0.6) is 0 Å². The molecule has 0 aliphatic heterocycles. The van der Waals surface area contributed by atoms with E-state index in [0.29, 0.717) is 12.1 Å². The van der Waals surface area contributed by atoms with Crippen LogP contribution in [0.1, 0.15) is 0 Å². The highest BCUT2D eigenvalue weighted by atomic mass is 32.2. The fourth-order valence-electron chi connectivity index (χ4n) is 0.0351. The van der Waals surface area contributed by atoms with Gasteiger partial charge in [0, 0.05) is 0 Å². The average Bonchev–Trinajstić information content (AvgIpc) is 1.35. The first-order valence-corrected chi connectivity index (χ1v) is 2.80. The Hall–Kier alpha value is -0.0700. The van der Waals surface area contributed by atoms with E-state index in [9.17, 15) is 8.42 Å². The molecule has 0 aromatic heterocycles. The maximum atomic E-state index is 9.33. The summed E-state index contributed by atoms with van der Waals surface area (Å²) in [6, 6.07) is 0. The molecule has 0 aliphatic carbocycles. The molecule has 0 unspecified atom stereocenters. The summed E-state index contributed by atoms with van der Waals surface area (Å²) in [4.78, 5) is 0. The molecule has 0 saturated heterocycles. The van der Waals surface area contributed by atoms with E-state index in [4.69, 9.17) is 0 Å². The zero-order valence-electron chi connectivity index (χ0n) is 2.66. The molecule has 0 aromatic carbocycles. The molecule has 0 aliphatic rings. The van der Waals surface area contributed by atoms with Gasteiger partial charge in [-0.2, -0.15) is 8.42 Å². The minimum atomic E-state index is -2.35. The standard InChI is InChI=1S/H2N2O2S2/c1-5-2-6(3)4/h1H2. The molecule has 2 N–H and O–H groups in total. The van der Waals surface area contributed by atoms with Crippen LogP contribution < -0.4 is 5.14 Å².